The molecule has 2 aromatic rings. The highest BCUT2D eigenvalue weighted by molar-refractivity contribution is 5.92. The van der Waals surface area contributed by atoms with Gasteiger partial charge in [-0.25, -0.2) is 4.98 Å². The molecule has 0 fully saturated rings. The summed E-state index contributed by atoms with van der Waals surface area (Å²) in [4.78, 5) is 19.8. The number of benzene rings is 1. The van der Waals surface area contributed by atoms with E-state index in [1.54, 1.807) is 12.1 Å². The van der Waals surface area contributed by atoms with E-state index in [0.29, 0.717) is 11.4 Å². The van der Waals surface area contributed by atoms with Crippen molar-refractivity contribution < 1.29 is 9.53 Å². The van der Waals surface area contributed by atoms with Gasteiger partial charge >= 0.3 is 0 Å². The van der Waals surface area contributed by atoms with Gasteiger partial charge < -0.3 is 10.5 Å². The van der Waals surface area contributed by atoms with Gasteiger partial charge in [0.2, 0.25) is 11.8 Å². The molecule has 0 spiro atoms. The molecule has 1 aliphatic heterocycles. The molecule has 5 heteroatoms. The Hall–Kier alpha value is -2.43. The number of hydrogen-bond donors (Lipinski definition) is 1. The van der Waals surface area contributed by atoms with Crippen molar-refractivity contribution in [2.45, 2.75) is 32.8 Å². The minimum atomic E-state index is -0.410. The Kier molecular flexibility index (Phi) is 3.33. The molecule has 0 aliphatic carbocycles. The van der Waals surface area contributed by atoms with E-state index in [2.05, 4.69) is 9.97 Å². The number of primary amides is 1. The van der Waals surface area contributed by atoms with Crippen molar-refractivity contribution in [2.75, 3.05) is 0 Å². The number of fused-ring (bicyclic) bond motifs is 1. The summed E-state index contributed by atoms with van der Waals surface area (Å²) in [5, 5.41) is 0. The first-order valence-corrected chi connectivity index (χ1v) is 6.92. The molecule has 0 bridgehead atoms. The molecule has 1 aromatic heterocycles. The molecule has 1 aliphatic rings. The predicted octanol–water partition coefficient (Wildman–Crippen LogP) is 1.74. The molecule has 0 saturated heterocycles. The van der Waals surface area contributed by atoms with Gasteiger partial charge in [0.25, 0.3) is 0 Å². The van der Waals surface area contributed by atoms with Crippen LogP contribution in [-0.4, -0.2) is 22.0 Å². The quantitative estimate of drug-likeness (QED) is 0.930. The number of rotatable bonds is 3. The first-order valence-electron chi connectivity index (χ1n) is 6.92. The Morgan fingerprint density at radius 1 is 1.29 bits per heavy atom. The van der Waals surface area contributed by atoms with Gasteiger partial charge in [0, 0.05) is 29.7 Å². The number of carbonyl (C=O) groups excluding carboxylic acids is 1. The average molecular weight is 283 g/mol. The lowest BCUT2D eigenvalue weighted by atomic mass is 10.0. The Bertz CT molecular complexity index is 695. The molecule has 1 amide bonds. The SMILES string of the molecule is Cc1nc(C)c2c(n1)O[C@@H](Cc1ccc(C(N)=O)cc1)C2. The standard InChI is InChI=1S/C16H17N3O2/c1-9-14-8-13(21-16(14)19-10(2)18-9)7-11-3-5-12(6-4-11)15(17)20/h3-6,13H,7-8H2,1-2H3,(H2,17,20)/t13-/m0/s1. The highest BCUT2D eigenvalue weighted by Gasteiger charge is 2.26. The fourth-order valence-corrected chi connectivity index (χ4v) is 2.65. The minimum Gasteiger partial charge on any atom is -0.473 e. The number of nitrogens with two attached hydrogens (primary N) is 1. The van der Waals surface area contributed by atoms with Gasteiger partial charge in [0.15, 0.2) is 0 Å². The highest BCUT2D eigenvalue weighted by atomic mass is 16.5. The molecule has 1 aromatic carbocycles. The number of nitrogens with zero attached hydrogens (tertiary/aromatic N) is 2. The average Bonchev–Trinajstić information content (AvgIpc) is 2.82. The van der Waals surface area contributed by atoms with Crippen molar-refractivity contribution in [1.82, 2.24) is 9.97 Å². The summed E-state index contributed by atoms with van der Waals surface area (Å²) in [6.45, 7) is 3.85. The van der Waals surface area contributed by atoms with E-state index < -0.39 is 5.91 Å². The number of ether oxygens (including phenoxy) is 1. The first-order chi connectivity index (χ1) is 10.0. The Balaban J connectivity index is 1.73. The van der Waals surface area contributed by atoms with Crippen LogP contribution in [0.1, 0.15) is 33.0 Å². The Morgan fingerprint density at radius 2 is 2.00 bits per heavy atom. The lowest BCUT2D eigenvalue weighted by molar-refractivity contribution is 0.100. The van der Waals surface area contributed by atoms with E-state index in [9.17, 15) is 4.79 Å². The van der Waals surface area contributed by atoms with Gasteiger partial charge in [0.05, 0.1) is 0 Å². The van der Waals surface area contributed by atoms with Crippen LogP contribution in [0.15, 0.2) is 24.3 Å². The van der Waals surface area contributed by atoms with Crippen molar-refractivity contribution in [3.8, 4) is 5.88 Å². The van der Waals surface area contributed by atoms with Crippen molar-refractivity contribution >= 4 is 5.91 Å². The molecule has 1 atom stereocenters. The summed E-state index contributed by atoms with van der Waals surface area (Å²) in [6, 6.07) is 7.32. The molecular formula is C16H17N3O2. The fraction of sp³-hybridized carbons (Fsp3) is 0.312. The lowest BCUT2D eigenvalue weighted by Crippen LogP contribution is -2.17. The molecule has 0 unspecified atom stereocenters. The van der Waals surface area contributed by atoms with Gasteiger partial charge in [-0.3, -0.25) is 4.79 Å². The number of carbonyl (C=O) groups is 1. The van der Waals surface area contributed by atoms with Crippen LogP contribution in [0.25, 0.3) is 0 Å². The van der Waals surface area contributed by atoms with Crippen LogP contribution in [0.4, 0.5) is 0 Å². The zero-order valence-electron chi connectivity index (χ0n) is 12.1. The van der Waals surface area contributed by atoms with Gasteiger partial charge in [-0.2, -0.15) is 4.98 Å². The van der Waals surface area contributed by atoms with Crippen LogP contribution in [0.2, 0.25) is 0 Å². The normalized spacial score (nSPS) is 16.4. The third-order valence-corrected chi connectivity index (χ3v) is 3.70. The monoisotopic (exact) mass is 283 g/mol. The second-order valence-corrected chi connectivity index (χ2v) is 5.35. The summed E-state index contributed by atoms with van der Waals surface area (Å²) in [5.41, 5.74) is 8.95. The van der Waals surface area contributed by atoms with Crippen molar-refractivity contribution in [1.29, 1.82) is 0 Å². The second kappa shape index (κ2) is 5.16. The lowest BCUT2D eigenvalue weighted by Gasteiger charge is -2.10. The van der Waals surface area contributed by atoms with E-state index in [1.165, 1.54) is 0 Å². The topological polar surface area (TPSA) is 78.1 Å². The van der Waals surface area contributed by atoms with Crippen LogP contribution in [-0.2, 0) is 12.8 Å². The van der Waals surface area contributed by atoms with Gasteiger partial charge in [-0.05, 0) is 31.5 Å². The maximum absolute atomic E-state index is 11.1. The summed E-state index contributed by atoms with van der Waals surface area (Å²) < 4.78 is 5.91. The number of aryl methyl sites for hydroxylation is 2. The van der Waals surface area contributed by atoms with E-state index in [0.717, 1.165) is 35.5 Å². The van der Waals surface area contributed by atoms with Crippen molar-refractivity contribution in [3.05, 3.63) is 52.5 Å². The van der Waals surface area contributed by atoms with E-state index in [-0.39, 0.29) is 6.10 Å². The molecule has 108 valence electrons. The molecule has 2 heterocycles. The summed E-state index contributed by atoms with van der Waals surface area (Å²) in [6.07, 6.45) is 1.65. The van der Waals surface area contributed by atoms with Crippen LogP contribution >= 0.6 is 0 Å². The molecule has 0 radical (unpaired) electrons. The Labute approximate surface area is 123 Å². The van der Waals surface area contributed by atoms with E-state index >= 15 is 0 Å². The van der Waals surface area contributed by atoms with E-state index in [4.69, 9.17) is 10.5 Å². The van der Waals surface area contributed by atoms with Crippen LogP contribution < -0.4 is 10.5 Å². The molecular weight excluding hydrogens is 266 g/mol. The van der Waals surface area contributed by atoms with Crippen LogP contribution in [0.3, 0.4) is 0 Å². The summed E-state index contributed by atoms with van der Waals surface area (Å²) >= 11 is 0. The molecule has 21 heavy (non-hydrogen) atoms. The third kappa shape index (κ3) is 2.72. The third-order valence-electron chi connectivity index (χ3n) is 3.70. The predicted molar refractivity (Wildman–Crippen MR) is 78.3 cm³/mol. The van der Waals surface area contributed by atoms with E-state index in [1.807, 2.05) is 26.0 Å². The molecule has 2 N–H and O–H groups in total. The van der Waals surface area contributed by atoms with Gasteiger partial charge in [0.1, 0.15) is 11.9 Å². The number of aromatic nitrogens is 2. The molecule has 3 rings (SSSR count). The molecule has 5 nitrogen and oxygen atoms in total. The van der Waals surface area contributed by atoms with Crippen molar-refractivity contribution in [3.63, 3.8) is 0 Å². The second-order valence-electron chi connectivity index (χ2n) is 5.35. The van der Waals surface area contributed by atoms with Gasteiger partial charge in [-0.1, -0.05) is 12.1 Å². The van der Waals surface area contributed by atoms with Gasteiger partial charge in [-0.15, -0.1) is 0 Å². The Morgan fingerprint density at radius 3 is 2.67 bits per heavy atom. The first kappa shape index (κ1) is 13.5. The van der Waals surface area contributed by atoms with Crippen LogP contribution in [0.5, 0.6) is 5.88 Å². The molecule has 0 saturated carbocycles. The summed E-state index contributed by atoms with van der Waals surface area (Å²) in [7, 11) is 0. The maximum Gasteiger partial charge on any atom is 0.248 e. The zero-order valence-corrected chi connectivity index (χ0v) is 12.1. The fourth-order valence-electron chi connectivity index (χ4n) is 2.65. The minimum absolute atomic E-state index is 0.0641. The smallest absolute Gasteiger partial charge is 0.248 e. The maximum atomic E-state index is 11.1. The number of amides is 1. The highest BCUT2D eigenvalue weighted by Crippen LogP contribution is 2.30. The number of hydrogen-bond acceptors (Lipinski definition) is 4. The van der Waals surface area contributed by atoms with Crippen molar-refractivity contribution in [2.24, 2.45) is 5.73 Å². The van der Waals surface area contributed by atoms with Crippen LogP contribution in [0, 0.1) is 13.8 Å². The zero-order chi connectivity index (χ0) is 15.0. The summed E-state index contributed by atoms with van der Waals surface area (Å²) in [5.74, 6) is 1.03. The largest absolute Gasteiger partial charge is 0.473 e.